The van der Waals surface area contributed by atoms with Crippen LogP contribution in [0.15, 0.2) is 42.5 Å². The van der Waals surface area contributed by atoms with E-state index in [0.717, 1.165) is 41.1 Å². The molecule has 6 nitrogen and oxygen atoms in total. The molecular formula is C25H32N3O3+. The standard InChI is InChI=1S/C25H31N3O3/c1-6-17(4)20-11-9-10-12-21(20)26-24(29)16-28-18(5)27(7-2)22-14-13-19(15-23(22)28)25(30)31-8-3/h9-15,17H,6-8,16H2,1-5H3/p+1/t17-/m1/s1. The molecule has 0 saturated heterocycles. The molecule has 0 radical (unpaired) electrons. The number of imidazole rings is 1. The van der Waals surface area contributed by atoms with Crippen LogP contribution in [0.3, 0.4) is 0 Å². The van der Waals surface area contributed by atoms with Crippen LogP contribution in [0, 0.1) is 6.92 Å². The number of aryl methyl sites for hydroxylation is 1. The van der Waals surface area contributed by atoms with E-state index in [2.05, 4.69) is 36.7 Å². The summed E-state index contributed by atoms with van der Waals surface area (Å²) >= 11 is 0. The first kappa shape index (κ1) is 22.5. The first-order valence-electron chi connectivity index (χ1n) is 11.0. The molecule has 1 heterocycles. The van der Waals surface area contributed by atoms with Crippen LogP contribution in [-0.4, -0.2) is 23.1 Å². The molecule has 0 bridgehead atoms. The van der Waals surface area contributed by atoms with Crippen LogP contribution >= 0.6 is 0 Å². The van der Waals surface area contributed by atoms with Gasteiger partial charge >= 0.3 is 5.97 Å². The normalized spacial score (nSPS) is 12.0. The Morgan fingerprint density at radius 2 is 1.87 bits per heavy atom. The number of carbonyl (C=O) groups excluding carboxylic acids is 2. The lowest BCUT2D eigenvalue weighted by Gasteiger charge is -2.15. The molecule has 6 heteroatoms. The largest absolute Gasteiger partial charge is 0.462 e. The van der Waals surface area contributed by atoms with Gasteiger partial charge < -0.3 is 10.1 Å². The molecule has 0 aliphatic rings. The number of aromatic nitrogens is 2. The van der Waals surface area contributed by atoms with E-state index >= 15 is 0 Å². The molecule has 1 N–H and O–H groups in total. The first-order chi connectivity index (χ1) is 14.9. The number of anilines is 1. The third-order valence-electron chi connectivity index (χ3n) is 5.85. The molecular weight excluding hydrogens is 390 g/mol. The van der Waals surface area contributed by atoms with Gasteiger partial charge in [0.2, 0.25) is 0 Å². The molecule has 3 rings (SSSR count). The monoisotopic (exact) mass is 422 g/mol. The average molecular weight is 423 g/mol. The second kappa shape index (κ2) is 9.77. The van der Waals surface area contributed by atoms with E-state index in [1.54, 1.807) is 13.0 Å². The van der Waals surface area contributed by atoms with Crippen molar-refractivity contribution >= 4 is 28.6 Å². The summed E-state index contributed by atoms with van der Waals surface area (Å²) in [5.41, 5.74) is 4.31. The summed E-state index contributed by atoms with van der Waals surface area (Å²) in [4.78, 5) is 25.3. The summed E-state index contributed by atoms with van der Waals surface area (Å²) in [7, 11) is 0. The second-order valence-corrected chi connectivity index (χ2v) is 7.75. The Kier molecular flexibility index (Phi) is 7.10. The molecule has 0 saturated carbocycles. The van der Waals surface area contributed by atoms with Gasteiger partial charge in [-0.15, -0.1) is 0 Å². The van der Waals surface area contributed by atoms with E-state index in [0.29, 0.717) is 18.1 Å². The van der Waals surface area contributed by atoms with Crippen LogP contribution in [0.2, 0.25) is 0 Å². The molecule has 31 heavy (non-hydrogen) atoms. The SMILES string of the molecule is CCOC(=O)c1ccc2c(c1)n(CC(=O)Nc1ccccc1[C@H](C)CC)c(C)[n+]2CC. The molecule has 2 aromatic carbocycles. The number of nitrogens with one attached hydrogen (secondary N) is 1. The van der Waals surface area contributed by atoms with E-state index in [9.17, 15) is 9.59 Å². The van der Waals surface area contributed by atoms with Crippen LogP contribution in [-0.2, 0) is 22.6 Å². The Morgan fingerprint density at radius 3 is 2.55 bits per heavy atom. The van der Waals surface area contributed by atoms with Gasteiger partial charge in [-0.2, -0.15) is 0 Å². The molecule has 0 spiro atoms. The predicted molar refractivity (Wildman–Crippen MR) is 122 cm³/mol. The van der Waals surface area contributed by atoms with Crippen molar-refractivity contribution < 1.29 is 18.9 Å². The van der Waals surface area contributed by atoms with E-state index in [-0.39, 0.29) is 18.4 Å². The highest BCUT2D eigenvalue weighted by Gasteiger charge is 2.24. The van der Waals surface area contributed by atoms with Crippen molar-refractivity contribution in [3.63, 3.8) is 0 Å². The number of hydrogen-bond donors (Lipinski definition) is 1. The summed E-state index contributed by atoms with van der Waals surface area (Å²) in [5, 5.41) is 3.09. The first-order valence-corrected chi connectivity index (χ1v) is 11.0. The fourth-order valence-electron chi connectivity index (χ4n) is 4.00. The second-order valence-electron chi connectivity index (χ2n) is 7.75. The molecule has 0 fully saturated rings. The Balaban J connectivity index is 1.95. The molecule has 164 valence electrons. The summed E-state index contributed by atoms with van der Waals surface area (Å²) in [6.07, 6.45) is 1.00. The van der Waals surface area contributed by atoms with Gasteiger partial charge in [0.25, 0.3) is 11.7 Å². The van der Waals surface area contributed by atoms with Crippen molar-refractivity contribution in [1.29, 1.82) is 0 Å². The van der Waals surface area contributed by atoms with Crippen molar-refractivity contribution in [3.8, 4) is 0 Å². The predicted octanol–water partition coefficient (Wildman–Crippen LogP) is 4.59. The van der Waals surface area contributed by atoms with Crippen molar-refractivity contribution in [1.82, 2.24) is 4.57 Å². The Morgan fingerprint density at radius 1 is 1.13 bits per heavy atom. The van der Waals surface area contributed by atoms with Gasteiger partial charge in [-0.1, -0.05) is 32.0 Å². The van der Waals surface area contributed by atoms with Gasteiger partial charge in [0, 0.05) is 18.7 Å². The number of rotatable bonds is 8. The zero-order valence-electron chi connectivity index (χ0n) is 19.1. The van der Waals surface area contributed by atoms with Crippen LogP contribution in [0.25, 0.3) is 11.0 Å². The highest BCUT2D eigenvalue weighted by molar-refractivity contribution is 5.95. The number of nitrogens with zero attached hydrogens (tertiary/aromatic N) is 2. The molecule has 0 aliphatic heterocycles. The summed E-state index contributed by atoms with van der Waals surface area (Å²) < 4.78 is 9.26. The van der Waals surface area contributed by atoms with Gasteiger partial charge in [0.05, 0.1) is 18.7 Å². The lowest BCUT2D eigenvalue weighted by Crippen LogP contribution is -2.35. The van der Waals surface area contributed by atoms with Gasteiger partial charge in [-0.3, -0.25) is 4.79 Å². The van der Waals surface area contributed by atoms with Crippen LogP contribution in [0.5, 0.6) is 0 Å². The maximum atomic E-state index is 13.0. The molecule has 0 aliphatic carbocycles. The minimum Gasteiger partial charge on any atom is -0.462 e. The highest BCUT2D eigenvalue weighted by atomic mass is 16.5. The number of carbonyl (C=O) groups is 2. The third-order valence-corrected chi connectivity index (χ3v) is 5.85. The topological polar surface area (TPSA) is 64.2 Å². The van der Waals surface area contributed by atoms with E-state index < -0.39 is 0 Å². The Hall–Kier alpha value is -3.15. The van der Waals surface area contributed by atoms with Crippen LogP contribution < -0.4 is 9.88 Å². The fraction of sp³-hybridized carbons (Fsp3) is 0.400. The van der Waals surface area contributed by atoms with E-state index in [4.69, 9.17) is 4.74 Å². The molecule has 0 unspecified atom stereocenters. The lowest BCUT2D eigenvalue weighted by atomic mass is 9.97. The number of benzene rings is 2. The van der Waals surface area contributed by atoms with Crippen molar-refractivity contribution in [2.24, 2.45) is 0 Å². The van der Waals surface area contributed by atoms with Gasteiger partial charge in [-0.05, 0) is 49.9 Å². The maximum Gasteiger partial charge on any atom is 0.338 e. The average Bonchev–Trinajstić information content (AvgIpc) is 3.03. The van der Waals surface area contributed by atoms with Crippen molar-refractivity contribution in [3.05, 3.63) is 59.4 Å². The molecule has 1 amide bonds. The highest BCUT2D eigenvalue weighted by Crippen LogP contribution is 2.26. The lowest BCUT2D eigenvalue weighted by molar-refractivity contribution is -0.674. The number of amides is 1. The van der Waals surface area contributed by atoms with E-state index in [1.165, 1.54) is 0 Å². The molecule has 3 aromatic rings. The van der Waals surface area contributed by atoms with Crippen molar-refractivity contribution in [2.75, 3.05) is 11.9 Å². The number of esters is 1. The van der Waals surface area contributed by atoms with E-state index in [1.807, 2.05) is 41.8 Å². The minimum atomic E-state index is -0.357. The van der Waals surface area contributed by atoms with Gasteiger partial charge in [0.15, 0.2) is 17.6 Å². The summed E-state index contributed by atoms with van der Waals surface area (Å²) in [6, 6.07) is 13.5. The van der Waals surface area contributed by atoms with Crippen LogP contribution in [0.4, 0.5) is 5.69 Å². The number of hydrogen-bond acceptors (Lipinski definition) is 3. The Bertz CT molecular complexity index is 1100. The van der Waals surface area contributed by atoms with Crippen LogP contribution in [0.1, 0.15) is 61.8 Å². The van der Waals surface area contributed by atoms with Gasteiger partial charge in [0.1, 0.15) is 0 Å². The zero-order valence-corrected chi connectivity index (χ0v) is 19.1. The zero-order chi connectivity index (χ0) is 22.5. The maximum absolute atomic E-state index is 13.0. The smallest absolute Gasteiger partial charge is 0.338 e. The number of para-hydroxylation sites is 1. The summed E-state index contributed by atoms with van der Waals surface area (Å²) in [5.74, 6) is 0.870. The third kappa shape index (κ3) is 4.63. The van der Waals surface area contributed by atoms with Crippen molar-refractivity contribution in [2.45, 2.75) is 60.0 Å². The molecule has 1 atom stereocenters. The van der Waals surface area contributed by atoms with Gasteiger partial charge in [-0.25, -0.2) is 13.9 Å². The molecule has 1 aromatic heterocycles. The fourth-order valence-corrected chi connectivity index (χ4v) is 4.00. The number of ether oxygens (including phenoxy) is 1. The minimum absolute atomic E-state index is 0.0967. The summed E-state index contributed by atoms with van der Waals surface area (Å²) in [6.45, 7) is 11.4. The Labute approximate surface area is 183 Å². The number of fused-ring (bicyclic) bond motifs is 1. The quantitative estimate of drug-likeness (QED) is 0.427.